The molecule has 0 aliphatic rings. The van der Waals surface area contributed by atoms with Crippen molar-refractivity contribution in [2.75, 3.05) is 11.9 Å². The summed E-state index contributed by atoms with van der Waals surface area (Å²) in [7, 11) is -3.76. The van der Waals surface area contributed by atoms with E-state index in [9.17, 15) is 13.2 Å². The molecule has 1 aromatic rings. The molecule has 7 heteroatoms. The van der Waals surface area contributed by atoms with Gasteiger partial charge in [0.1, 0.15) is 0 Å². The summed E-state index contributed by atoms with van der Waals surface area (Å²) >= 11 is 0. The molecule has 0 spiro atoms. The summed E-state index contributed by atoms with van der Waals surface area (Å²) in [5.41, 5.74) is 5.82. The van der Waals surface area contributed by atoms with Crippen LogP contribution in [0.2, 0.25) is 0 Å². The van der Waals surface area contributed by atoms with Crippen LogP contribution < -0.4 is 16.2 Å². The first-order valence-electron chi connectivity index (χ1n) is 5.45. The van der Waals surface area contributed by atoms with Crippen molar-refractivity contribution in [1.29, 1.82) is 0 Å². The summed E-state index contributed by atoms with van der Waals surface area (Å²) in [6, 6.07) is 5.80. The molecule has 0 bridgehead atoms. The van der Waals surface area contributed by atoms with Crippen molar-refractivity contribution in [3.8, 4) is 0 Å². The van der Waals surface area contributed by atoms with E-state index in [0.717, 1.165) is 0 Å². The molecular formula is C11H17N3O3S. The molecule has 0 heterocycles. The highest BCUT2D eigenvalue weighted by molar-refractivity contribution is 7.89. The molecule has 0 aromatic heterocycles. The first-order chi connectivity index (χ1) is 8.32. The number of carbonyl (C=O) groups excluding carboxylic acids is 1. The number of amides is 1. The second-order valence-corrected chi connectivity index (χ2v) is 5.73. The van der Waals surface area contributed by atoms with Crippen LogP contribution in [0.25, 0.3) is 0 Å². The lowest BCUT2D eigenvalue weighted by molar-refractivity contribution is -0.116. The minimum Gasteiger partial charge on any atom is -0.330 e. The SMILES string of the molecule is CC(CN)CC(=O)Nc1cccc(S(N)(=O)=O)c1. The molecule has 0 aliphatic carbocycles. The van der Waals surface area contributed by atoms with Crippen molar-refractivity contribution >= 4 is 21.6 Å². The summed E-state index contributed by atoms with van der Waals surface area (Å²) in [5.74, 6) is -0.133. The van der Waals surface area contributed by atoms with Crippen LogP contribution in [-0.2, 0) is 14.8 Å². The maximum atomic E-state index is 11.6. The second-order valence-electron chi connectivity index (χ2n) is 4.17. The third-order valence-corrected chi connectivity index (χ3v) is 3.29. The van der Waals surface area contributed by atoms with Gasteiger partial charge in [0, 0.05) is 12.1 Å². The standard InChI is InChI=1S/C11H17N3O3S/c1-8(7-12)5-11(15)14-9-3-2-4-10(6-9)18(13,16)17/h2-4,6,8H,5,7,12H2,1H3,(H,14,15)(H2,13,16,17). The Bertz CT molecular complexity index is 528. The third-order valence-electron chi connectivity index (χ3n) is 2.38. The van der Waals surface area contributed by atoms with E-state index in [1.165, 1.54) is 18.2 Å². The predicted molar refractivity (Wildman–Crippen MR) is 69.3 cm³/mol. The number of nitrogens with two attached hydrogens (primary N) is 2. The van der Waals surface area contributed by atoms with Gasteiger partial charge in [0.2, 0.25) is 15.9 Å². The molecule has 1 amide bonds. The van der Waals surface area contributed by atoms with E-state index >= 15 is 0 Å². The number of nitrogens with one attached hydrogen (secondary N) is 1. The van der Waals surface area contributed by atoms with Gasteiger partial charge in [-0.3, -0.25) is 4.79 Å². The predicted octanol–water partition coefficient (Wildman–Crippen LogP) is 0.257. The molecule has 1 unspecified atom stereocenters. The van der Waals surface area contributed by atoms with Crippen molar-refractivity contribution in [3.05, 3.63) is 24.3 Å². The van der Waals surface area contributed by atoms with E-state index in [1.54, 1.807) is 6.07 Å². The average molecular weight is 271 g/mol. The molecule has 0 saturated carbocycles. The lowest BCUT2D eigenvalue weighted by Gasteiger charge is -2.09. The number of hydrogen-bond acceptors (Lipinski definition) is 4. The first kappa shape index (κ1) is 14.6. The van der Waals surface area contributed by atoms with Crippen molar-refractivity contribution in [2.45, 2.75) is 18.2 Å². The number of primary sulfonamides is 1. The Kier molecular flexibility index (Phi) is 4.83. The summed E-state index contributed by atoms with van der Waals surface area (Å²) in [6.45, 7) is 2.28. The van der Waals surface area contributed by atoms with Gasteiger partial charge in [-0.2, -0.15) is 0 Å². The molecule has 6 nitrogen and oxygen atoms in total. The highest BCUT2D eigenvalue weighted by Gasteiger charge is 2.11. The molecule has 5 N–H and O–H groups in total. The highest BCUT2D eigenvalue weighted by Crippen LogP contribution is 2.14. The number of hydrogen-bond donors (Lipinski definition) is 3. The zero-order chi connectivity index (χ0) is 13.8. The average Bonchev–Trinajstić information content (AvgIpc) is 2.27. The zero-order valence-corrected chi connectivity index (χ0v) is 10.9. The van der Waals surface area contributed by atoms with E-state index in [1.807, 2.05) is 6.92 Å². The van der Waals surface area contributed by atoms with Gasteiger partial charge in [-0.15, -0.1) is 0 Å². The topological polar surface area (TPSA) is 115 Å². The first-order valence-corrected chi connectivity index (χ1v) is 7.00. The van der Waals surface area contributed by atoms with Crippen LogP contribution in [0.3, 0.4) is 0 Å². The normalized spacial score (nSPS) is 13.1. The van der Waals surface area contributed by atoms with E-state index in [4.69, 9.17) is 10.9 Å². The Balaban J connectivity index is 2.77. The van der Waals surface area contributed by atoms with Crippen molar-refractivity contribution in [1.82, 2.24) is 0 Å². The van der Waals surface area contributed by atoms with Gasteiger partial charge in [0.05, 0.1) is 4.90 Å². The third kappa shape index (κ3) is 4.44. The minimum absolute atomic E-state index is 0.0350. The molecule has 1 aromatic carbocycles. The van der Waals surface area contributed by atoms with Gasteiger partial charge in [0.15, 0.2) is 0 Å². The van der Waals surface area contributed by atoms with Gasteiger partial charge in [-0.05, 0) is 30.7 Å². The van der Waals surface area contributed by atoms with Crippen LogP contribution >= 0.6 is 0 Å². The van der Waals surface area contributed by atoms with E-state index in [2.05, 4.69) is 5.32 Å². The molecule has 0 aliphatic heterocycles. The highest BCUT2D eigenvalue weighted by atomic mass is 32.2. The Morgan fingerprint density at radius 1 is 1.44 bits per heavy atom. The fourth-order valence-corrected chi connectivity index (χ4v) is 1.92. The quantitative estimate of drug-likeness (QED) is 0.712. The Labute approximate surface area is 106 Å². The number of rotatable bonds is 5. The van der Waals surface area contributed by atoms with Crippen LogP contribution in [0, 0.1) is 5.92 Å². The Hall–Kier alpha value is -1.44. The molecule has 0 radical (unpaired) electrons. The number of benzene rings is 1. The fourth-order valence-electron chi connectivity index (χ4n) is 1.36. The van der Waals surface area contributed by atoms with Gasteiger partial charge >= 0.3 is 0 Å². The van der Waals surface area contributed by atoms with Gasteiger partial charge < -0.3 is 11.1 Å². The summed E-state index contributed by atoms with van der Waals surface area (Å²) in [4.78, 5) is 11.6. The molecule has 18 heavy (non-hydrogen) atoms. The fraction of sp³-hybridized carbons (Fsp3) is 0.364. The number of carbonyl (C=O) groups is 1. The van der Waals surface area contributed by atoms with Crippen LogP contribution in [0.1, 0.15) is 13.3 Å². The minimum atomic E-state index is -3.76. The monoisotopic (exact) mass is 271 g/mol. The van der Waals surface area contributed by atoms with Crippen LogP contribution in [0.15, 0.2) is 29.2 Å². The lowest BCUT2D eigenvalue weighted by Crippen LogP contribution is -2.20. The summed E-state index contributed by atoms with van der Waals surface area (Å²) in [6.07, 6.45) is 0.288. The van der Waals surface area contributed by atoms with Crippen LogP contribution in [-0.4, -0.2) is 20.9 Å². The summed E-state index contributed by atoms with van der Waals surface area (Å²) in [5, 5.41) is 7.61. The smallest absolute Gasteiger partial charge is 0.238 e. The number of anilines is 1. The Morgan fingerprint density at radius 2 is 2.11 bits per heavy atom. The zero-order valence-electron chi connectivity index (χ0n) is 10.1. The molecule has 1 atom stereocenters. The van der Waals surface area contributed by atoms with Crippen molar-refractivity contribution < 1.29 is 13.2 Å². The van der Waals surface area contributed by atoms with E-state index in [-0.39, 0.29) is 23.1 Å². The molecule has 100 valence electrons. The van der Waals surface area contributed by atoms with Crippen LogP contribution in [0.4, 0.5) is 5.69 Å². The van der Waals surface area contributed by atoms with Crippen molar-refractivity contribution in [3.63, 3.8) is 0 Å². The summed E-state index contributed by atoms with van der Waals surface area (Å²) < 4.78 is 22.3. The van der Waals surface area contributed by atoms with E-state index < -0.39 is 10.0 Å². The molecular weight excluding hydrogens is 254 g/mol. The van der Waals surface area contributed by atoms with Crippen LogP contribution in [0.5, 0.6) is 0 Å². The molecule has 1 rings (SSSR count). The van der Waals surface area contributed by atoms with Gasteiger partial charge in [-0.25, -0.2) is 13.6 Å². The van der Waals surface area contributed by atoms with Gasteiger partial charge in [0.25, 0.3) is 0 Å². The largest absolute Gasteiger partial charge is 0.330 e. The van der Waals surface area contributed by atoms with Crippen molar-refractivity contribution in [2.24, 2.45) is 16.8 Å². The lowest BCUT2D eigenvalue weighted by atomic mass is 10.1. The molecule has 0 saturated heterocycles. The maximum absolute atomic E-state index is 11.6. The van der Waals surface area contributed by atoms with Gasteiger partial charge in [-0.1, -0.05) is 13.0 Å². The maximum Gasteiger partial charge on any atom is 0.238 e. The molecule has 0 fully saturated rings. The second kappa shape index (κ2) is 5.94. The Morgan fingerprint density at radius 3 is 2.67 bits per heavy atom. The number of sulfonamides is 1. The van der Waals surface area contributed by atoms with E-state index in [0.29, 0.717) is 12.2 Å².